The molecular weight excluding hydrogens is 881 g/mol. The Balaban J connectivity index is 0.785. The average molecular weight is 943 g/mol. The number of ether oxygens (including phenoxy) is 1. The van der Waals surface area contributed by atoms with E-state index < -0.39 is 17.9 Å². The van der Waals surface area contributed by atoms with Crippen LogP contribution >= 0.6 is 0 Å². The highest BCUT2D eigenvalue weighted by molar-refractivity contribution is 5.92. The highest BCUT2D eigenvalue weighted by atomic mass is 16.5. The summed E-state index contributed by atoms with van der Waals surface area (Å²) in [7, 11) is 0. The molecule has 3 aromatic carbocycles. The van der Waals surface area contributed by atoms with Gasteiger partial charge in [-0.15, -0.1) is 10.2 Å². The smallest absolute Gasteiger partial charge is 0.289 e. The van der Waals surface area contributed by atoms with Crippen LogP contribution in [-0.2, 0) is 22.7 Å². The molecule has 3 aromatic heterocycles. The SMILES string of the molecule is CCNC(=O)c1nnc(-c2cc(C(C)C)c(O)cc2O)n1-c1ccc(CN2CCN(CC(=O)NCCCC[C@H](Nc3ccc4c(c3)OCCn3cc(-c5ncnn5C(C)C)nc3-4)C(N)=O)CC2)cc1. The second-order valence-corrected chi connectivity index (χ2v) is 18.1. The van der Waals surface area contributed by atoms with Crippen LogP contribution in [0.4, 0.5) is 5.69 Å². The molecule has 3 amide bonds. The monoisotopic (exact) mass is 942 g/mol. The van der Waals surface area contributed by atoms with Gasteiger partial charge in [0.1, 0.15) is 47.7 Å². The number of phenolic OH excluding ortho intramolecular Hbond substituents is 2. The summed E-state index contributed by atoms with van der Waals surface area (Å²) < 4.78 is 11.6. The maximum atomic E-state index is 13.1. The Hall–Kier alpha value is -7.32. The van der Waals surface area contributed by atoms with Crippen molar-refractivity contribution < 1.29 is 29.3 Å². The molecule has 8 rings (SSSR count). The van der Waals surface area contributed by atoms with Gasteiger partial charge in [0, 0.05) is 81.6 Å². The zero-order valence-electron chi connectivity index (χ0n) is 39.9. The number of aromatic nitrogens is 8. The van der Waals surface area contributed by atoms with Crippen molar-refractivity contribution in [1.82, 2.24) is 59.5 Å². The minimum absolute atomic E-state index is 0.0193. The highest BCUT2D eigenvalue weighted by Crippen LogP contribution is 2.39. The number of unbranched alkanes of at least 4 members (excludes halogenated alkanes) is 1. The number of phenols is 2. The Morgan fingerprint density at radius 2 is 1.61 bits per heavy atom. The van der Waals surface area contributed by atoms with Gasteiger partial charge >= 0.3 is 0 Å². The summed E-state index contributed by atoms with van der Waals surface area (Å²) in [6.07, 6.45) is 5.39. The molecule has 20 nitrogen and oxygen atoms in total. The number of carbonyl (C=O) groups is 3. The first-order chi connectivity index (χ1) is 33.3. The van der Waals surface area contributed by atoms with Gasteiger partial charge in [0.05, 0.1) is 24.2 Å². The summed E-state index contributed by atoms with van der Waals surface area (Å²) in [5.41, 5.74) is 10.8. The number of hydrogen-bond acceptors (Lipinski definition) is 14. The lowest BCUT2D eigenvalue weighted by Crippen LogP contribution is -2.49. The molecule has 69 heavy (non-hydrogen) atoms. The number of hydrogen-bond donors (Lipinski definition) is 6. The predicted molar refractivity (Wildman–Crippen MR) is 260 cm³/mol. The number of carbonyl (C=O) groups excluding carboxylic acids is 3. The lowest BCUT2D eigenvalue weighted by molar-refractivity contribution is -0.123. The maximum Gasteiger partial charge on any atom is 0.289 e. The molecule has 1 atom stereocenters. The Kier molecular flexibility index (Phi) is 14.9. The van der Waals surface area contributed by atoms with Crippen molar-refractivity contribution in [2.45, 2.75) is 85.0 Å². The van der Waals surface area contributed by atoms with Gasteiger partial charge < -0.3 is 41.2 Å². The number of nitrogens with one attached hydrogen (secondary N) is 3. The maximum absolute atomic E-state index is 13.1. The fraction of sp³-hybridized carbons (Fsp3) is 0.429. The van der Waals surface area contributed by atoms with Crippen LogP contribution in [0, 0.1) is 0 Å². The Labute approximate surface area is 400 Å². The van der Waals surface area contributed by atoms with Gasteiger partial charge in [-0.2, -0.15) is 5.10 Å². The molecule has 0 unspecified atom stereocenters. The molecule has 2 aliphatic rings. The standard InChI is InChI=1S/C49H62N14O6/c1-6-51-49(68)48-58-57-46(37-24-36(30(2)3)40(64)25-41(37)65)62(48)34-13-10-32(11-14-34)26-59-17-19-60(20-18-59)28-43(66)52-16-8-7-9-38(44(50)67)55-33-12-15-35-42(23-33)69-22-21-61-27-39(56-45(35)61)47-53-29-54-63(47)31(4)5/h10-15,23-25,27,29-31,38,55,64-65H,6-9,16-22,26,28H2,1-5H3,(H2,50,67)(H,51,68)(H,52,66)/t38-/m0/s1. The van der Waals surface area contributed by atoms with Crippen molar-refractivity contribution in [3.8, 4) is 57.2 Å². The fourth-order valence-electron chi connectivity index (χ4n) is 8.78. The van der Waals surface area contributed by atoms with Crippen LogP contribution in [0.1, 0.15) is 87.6 Å². The minimum atomic E-state index is -0.603. The number of aromatic hydroxyl groups is 2. The molecule has 1 saturated heterocycles. The van der Waals surface area contributed by atoms with Crippen molar-refractivity contribution in [3.63, 3.8) is 0 Å². The third-order valence-corrected chi connectivity index (χ3v) is 12.5. The van der Waals surface area contributed by atoms with Crippen LogP contribution in [0.3, 0.4) is 0 Å². The van der Waals surface area contributed by atoms with E-state index in [-0.39, 0.29) is 41.0 Å². The van der Waals surface area contributed by atoms with Gasteiger partial charge in [-0.25, -0.2) is 14.6 Å². The summed E-state index contributed by atoms with van der Waals surface area (Å²) in [4.78, 5) is 52.4. The first kappa shape index (κ1) is 48.1. The first-order valence-electron chi connectivity index (χ1n) is 23.7. The van der Waals surface area contributed by atoms with E-state index in [4.69, 9.17) is 15.5 Å². The summed E-state index contributed by atoms with van der Waals surface area (Å²) >= 11 is 0. The first-order valence-corrected chi connectivity index (χ1v) is 23.7. The van der Waals surface area contributed by atoms with E-state index in [0.717, 1.165) is 48.8 Å². The number of anilines is 1. The molecule has 7 N–H and O–H groups in total. The van der Waals surface area contributed by atoms with Gasteiger partial charge in [-0.3, -0.25) is 28.8 Å². The molecule has 0 radical (unpaired) electrons. The van der Waals surface area contributed by atoms with Crippen LogP contribution in [0.5, 0.6) is 17.2 Å². The lowest BCUT2D eigenvalue weighted by Gasteiger charge is -2.34. The summed E-state index contributed by atoms with van der Waals surface area (Å²) in [5.74, 6) is 1.37. The van der Waals surface area contributed by atoms with E-state index in [1.807, 2.05) is 74.1 Å². The van der Waals surface area contributed by atoms with Gasteiger partial charge in [-0.1, -0.05) is 26.0 Å². The summed E-state index contributed by atoms with van der Waals surface area (Å²) in [5, 5.41) is 43.3. The number of nitrogens with two attached hydrogens (primary N) is 1. The Morgan fingerprint density at radius 3 is 2.33 bits per heavy atom. The van der Waals surface area contributed by atoms with E-state index in [9.17, 15) is 24.6 Å². The third-order valence-electron chi connectivity index (χ3n) is 12.5. The van der Waals surface area contributed by atoms with Crippen LogP contribution < -0.4 is 26.4 Å². The minimum Gasteiger partial charge on any atom is -0.508 e. The molecule has 2 aliphatic heterocycles. The second kappa shape index (κ2) is 21.3. The van der Waals surface area contributed by atoms with Crippen molar-refractivity contribution in [2.75, 3.05) is 57.7 Å². The molecule has 0 aliphatic carbocycles. The highest BCUT2D eigenvalue weighted by Gasteiger charge is 2.27. The topological polar surface area (TPSA) is 249 Å². The number of fused-ring (bicyclic) bond motifs is 3. The number of piperazine rings is 1. The number of nitrogens with zero attached hydrogens (tertiary/aromatic N) is 10. The third kappa shape index (κ3) is 11.0. The van der Waals surface area contributed by atoms with Gasteiger partial charge in [0.25, 0.3) is 5.91 Å². The molecular formula is C49H62N14O6. The molecule has 0 saturated carbocycles. The lowest BCUT2D eigenvalue weighted by atomic mass is 9.98. The van der Waals surface area contributed by atoms with E-state index >= 15 is 0 Å². The fourth-order valence-corrected chi connectivity index (χ4v) is 8.78. The number of primary amides is 1. The number of benzene rings is 3. The normalized spacial score (nSPS) is 14.5. The number of rotatable bonds is 19. The van der Waals surface area contributed by atoms with Crippen molar-refractivity contribution in [1.29, 1.82) is 0 Å². The van der Waals surface area contributed by atoms with Gasteiger partial charge in [-0.05, 0) is 87.4 Å². The van der Waals surface area contributed by atoms with E-state index in [1.165, 1.54) is 6.07 Å². The summed E-state index contributed by atoms with van der Waals surface area (Å²) in [6.45, 7) is 15.8. The number of amides is 3. The molecule has 1 fully saturated rings. The number of imidazole rings is 1. The van der Waals surface area contributed by atoms with Crippen molar-refractivity contribution in [2.24, 2.45) is 5.73 Å². The van der Waals surface area contributed by atoms with Gasteiger partial charge in [0.2, 0.25) is 17.6 Å². The molecule has 0 bridgehead atoms. The quantitative estimate of drug-likeness (QED) is 0.0604. The largest absolute Gasteiger partial charge is 0.508 e. The van der Waals surface area contributed by atoms with Crippen LogP contribution in [0.2, 0.25) is 0 Å². The molecule has 5 heterocycles. The molecule has 6 aromatic rings. The molecule has 20 heteroatoms. The van der Waals surface area contributed by atoms with Crippen LogP contribution in [-0.4, -0.2) is 135 Å². The van der Waals surface area contributed by atoms with E-state index in [2.05, 4.69) is 64.4 Å². The van der Waals surface area contributed by atoms with Crippen LogP contribution in [0.25, 0.3) is 40.0 Å². The Bertz CT molecular complexity index is 2770. The van der Waals surface area contributed by atoms with Crippen LogP contribution in [0.15, 0.2) is 67.1 Å². The molecule has 364 valence electrons. The zero-order valence-corrected chi connectivity index (χ0v) is 39.9. The zero-order chi connectivity index (χ0) is 48.8. The van der Waals surface area contributed by atoms with E-state index in [1.54, 1.807) is 17.0 Å². The average Bonchev–Trinajstić information content (AvgIpc) is 4.07. The van der Waals surface area contributed by atoms with Crippen molar-refractivity contribution >= 4 is 23.4 Å². The predicted octanol–water partition coefficient (Wildman–Crippen LogP) is 4.68. The molecule has 0 spiro atoms. The van der Waals surface area contributed by atoms with Crippen molar-refractivity contribution in [3.05, 3.63) is 84.1 Å². The Morgan fingerprint density at radius 1 is 0.841 bits per heavy atom. The summed E-state index contributed by atoms with van der Waals surface area (Å²) in [6, 6.07) is 16.0. The van der Waals surface area contributed by atoms with Gasteiger partial charge in [0.15, 0.2) is 11.6 Å². The second-order valence-electron chi connectivity index (χ2n) is 18.1. The van der Waals surface area contributed by atoms with E-state index in [0.29, 0.717) is 92.7 Å².